The summed E-state index contributed by atoms with van der Waals surface area (Å²) in [5.74, 6) is 1.50. The molecule has 1 fully saturated rings. The number of nitrogens with zero attached hydrogens (tertiary/aromatic N) is 1. The summed E-state index contributed by atoms with van der Waals surface area (Å²) in [5.41, 5.74) is 1.09. The van der Waals surface area contributed by atoms with Crippen LogP contribution >= 0.6 is 0 Å². The van der Waals surface area contributed by atoms with E-state index in [4.69, 9.17) is 4.42 Å². The van der Waals surface area contributed by atoms with E-state index in [1.54, 1.807) is 13.2 Å². The fraction of sp³-hybridized carbons (Fsp3) is 0.714. The molecule has 1 heterocycles. The Morgan fingerprint density at radius 2 is 2.18 bits per heavy atom. The average Bonchev–Trinajstić information content (AvgIpc) is 2.78. The molecule has 0 radical (unpaired) electrons. The number of ketones is 1. The van der Waals surface area contributed by atoms with Crippen LogP contribution in [0, 0.1) is 5.92 Å². The van der Waals surface area contributed by atoms with E-state index in [1.807, 2.05) is 6.92 Å². The highest BCUT2D eigenvalue weighted by Crippen LogP contribution is 2.32. The average molecular weight is 235 g/mol. The number of hydrogen-bond acceptors (Lipinski definition) is 3. The van der Waals surface area contributed by atoms with Gasteiger partial charge in [-0.25, -0.2) is 4.98 Å². The Labute approximate surface area is 103 Å². The third kappa shape index (κ3) is 3.18. The molecule has 0 N–H and O–H groups in total. The van der Waals surface area contributed by atoms with Crippen molar-refractivity contribution < 1.29 is 9.21 Å². The number of carbonyl (C=O) groups is 1. The topological polar surface area (TPSA) is 43.1 Å². The Balaban J connectivity index is 1.97. The number of Topliss-reactive ketones (excluding diaryl/α,β-unsaturated/α-hetero) is 1. The lowest BCUT2D eigenvalue weighted by Gasteiger charge is -2.18. The molecule has 1 aromatic heterocycles. The third-order valence-corrected chi connectivity index (χ3v) is 3.77. The van der Waals surface area contributed by atoms with Gasteiger partial charge in [-0.05, 0) is 19.8 Å². The quantitative estimate of drug-likeness (QED) is 0.802. The minimum Gasteiger partial charge on any atom is -0.449 e. The summed E-state index contributed by atoms with van der Waals surface area (Å²) in [6.45, 7) is 3.54. The second-order valence-corrected chi connectivity index (χ2v) is 5.22. The molecule has 0 aromatic carbocycles. The maximum Gasteiger partial charge on any atom is 0.194 e. The highest BCUT2D eigenvalue weighted by Gasteiger charge is 2.20. The third-order valence-electron chi connectivity index (χ3n) is 3.77. The van der Waals surface area contributed by atoms with E-state index in [0.29, 0.717) is 18.2 Å². The van der Waals surface area contributed by atoms with E-state index in [2.05, 4.69) is 4.98 Å². The second kappa shape index (κ2) is 5.48. The predicted molar refractivity (Wildman–Crippen MR) is 65.9 cm³/mol. The van der Waals surface area contributed by atoms with Crippen LogP contribution in [-0.2, 0) is 11.2 Å². The summed E-state index contributed by atoms with van der Waals surface area (Å²) in [6, 6.07) is 0. The van der Waals surface area contributed by atoms with E-state index < -0.39 is 0 Å². The van der Waals surface area contributed by atoms with Gasteiger partial charge in [0.1, 0.15) is 12.0 Å². The zero-order chi connectivity index (χ0) is 12.3. The molecular weight excluding hydrogens is 214 g/mol. The van der Waals surface area contributed by atoms with Crippen LogP contribution in [0.5, 0.6) is 0 Å². The van der Waals surface area contributed by atoms with Gasteiger partial charge in [-0.15, -0.1) is 0 Å². The predicted octanol–water partition coefficient (Wildman–Crippen LogP) is 3.49. The van der Waals surface area contributed by atoms with Crippen LogP contribution in [0.3, 0.4) is 0 Å². The largest absolute Gasteiger partial charge is 0.449 e. The van der Waals surface area contributed by atoms with Gasteiger partial charge in [0.25, 0.3) is 0 Å². The van der Waals surface area contributed by atoms with Gasteiger partial charge in [0.15, 0.2) is 5.89 Å². The Hall–Kier alpha value is -1.12. The van der Waals surface area contributed by atoms with Gasteiger partial charge in [-0.1, -0.05) is 26.2 Å². The van der Waals surface area contributed by atoms with Crippen LogP contribution in [0.1, 0.15) is 63.5 Å². The molecule has 1 aliphatic rings. The molecule has 1 aliphatic carbocycles. The maximum absolute atomic E-state index is 11.2. The molecule has 1 unspecified atom stereocenters. The standard InChI is InChI=1S/C14H21NO2/c1-10(11(2)16)8-14-15-13(9-17-14)12-6-4-3-5-7-12/h9-10,12H,3-8H2,1-2H3. The van der Waals surface area contributed by atoms with Gasteiger partial charge < -0.3 is 4.42 Å². The highest BCUT2D eigenvalue weighted by atomic mass is 16.3. The van der Waals surface area contributed by atoms with E-state index >= 15 is 0 Å². The van der Waals surface area contributed by atoms with E-state index in [9.17, 15) is 4.79 Å². The number of aromatic nitrogens is 1. The van der Waals surface area contributed by atoms with Crippen molar-refractivity contribution in [2.75, 3.05) is 0 Å². The fourth-order valence-corrected chi connectivity index (χ4v) is 2.41. The molecule has 1 aromatic rings. The van der Waals surface area contributed by atoms with Crippen LogP contribution in [0.4, 0.5) is 0 Å². The van der Waals surface area contributed by atoms with Crippen LogP contribution in [0.15, 0.2) is 10.7 Å². The molecule has 0 amide bonds. The van der Waals surface area contributed by atoms with Crippen molar-refractivity contribution in [1.82, 2.24) is 4.98 Å². The van der Waals surface area contributed by atoms with Crippen molar-refractivity contribution in [2.24, 2.45) is 5.92 Å². The number of oxazole rings is 1. The molecular formula is C14H21NO2. The van der Waals surface area contributed by atoms with E-state index in [1.165, 1.54) is 32.1 Å². The Morgan fingerprint density at radius 1 is 1.47 bits per heavy atom. The van der Waals surface area contributed by atoms with Crippen molar-refractivity contribution in [2.45, 2.75) is 58.3 Å². The summed E-state index contributed by atoms with van der Waals surface area (Å²) in [5, 5.41) is 0. The van der Waals surface area contributed by atoms with Gasteiger partial charge in [0.2, 0.25) is 0 Å². The van der Waals surface area contributed by atoms with Gasteiger partial charge in [-0.2, -0.15) is 0 Å². The first-order valence-electron chi connectivity index (χ1n) is 6.61. The van der Waals surface area contributed by atoms with Gasteiger partial charge >= 0.3 is 0 Å². The first-order chi connectivity index (χ1) is 8.16. The summed E-state index contributed by atoms with van der Waals surface area (Å²) in [7, 11) is 0. The monoisotopic (exact) mass is 235 g/mol. The Kier molecular flexibility index (Phi) is 3.97. The molecule has 2 rings (SSSR count). The van der Waals surface area contributed by atoms with Crippen molar-refractivity contribution >= 4 is 5.78 Å². The van der Waals surface area contributed by atoms with Gasteiger partial charge in [0.05, 0.1) is 5.69 Å². The van der Waals surface area contributed by atoms with Crippen LogP contribution in [0.25, 0.3) is 0 Å². The van der Waals surface area contributed by atoms with Crippen LogP contribution < -0.4 is 0 Å². The lowest BCUT2D eigenvalue weighted by atomic mass is 9.87. The van der Waals surface area contributed by atoms with Crippen molar-refractivity contribution in [3.8, 4) is 0 Å². The maximum atomic E-state index is 11.2. The molecule has 3 nitrogen and oxygen atoms in total. The van der Waals surface area contributed by atoms with Gasteiger partial charge in [-0.3, -0.25) is 4.79 Å². The first-order valence-corrected chi connectivity index (χ1v) is 6.61. The highest BCUT2D eigenvalue weighted by molar-refractivity contribution is 5.77. The first kappa shape index (κ1) is 12.3. The molecule has 1 atom stereocenters. The summed E-state index contributed by atoms with van der Waals surface area (Å²) in [6.07, 6.45) is 8.83. The van der Waals surface area contributed by atoms with Gasteiger partial charge in [0, 0.05) is 18.3 Å². The molecule has 0 saturated heterocycles. The molecule has 17 heavy (non-hydrogen) atoms. The minimum absolute atomic E-state index is 0.00727. The van der Waals surface area contributed by atoms with Crippen LogP contribution in [0.2, 0.25) is 0 Å². The molecule has 0 spiro atoms. The SMILES string of the molecule is CC(=O)C(C)Cc1nc(C2CCCCC2)co1. The normalized spacial score (nSPS) is 19.2. The molecule has 3 heteroatoms. The summed E-state index contributed by atoms with van der Waals surface area (Å²) >= 11 is 0. The minimum atomic E-state index is 0.00727. The molecule has 94 valence electrons. The lowest BCUT2D eigenvalue weighted by molar-refractivity contribution is -0.120. The Bertz CT molecular complexity index is 377. The second-order valence-electron chi connectivity index (χ2n) is 5.22. The molecule has 0 bridgehead atoms. The lowest BCUT2D eigenvalue weighted by Crippen LogP contribution is -2.10. The summed E-state index contributed by atoms with van der Waals surface area (Å²) in [4.78, 5) is 15.7. The fourth-order valence-electron chi connectivity index (χ4n) is 2.41. The Morgan fingerprint density at radius 3 is 2.82 bits per heavy atom. The number of hydrogen-bond donors (Lipinski definition) is 0. The zero-order valence-corrected chi connectivity index (χ0v) is 10.7. The molecule has 1 saturated carbocycles. The zero-order valence-electron chi connectivity index (χ0n) is 10.7. The number of rotatable bonds is 4. The van der Waals surface area contributed by atoms with Crippen molar-refractivity contribution in [1.29, 1.82) is 0 Å². The van der Waals surface area contributed by atoms with Crippen molar-refractivity contribution in [3.05, 3.63) is 17.8 Å². The van der Waals surface area contributed by atoms with E-state index in [-0.39, 0.29) is 11.7 Å². The number of carbonyl (C=O) groups excluding carboxylic acids is 1. The van der Waals surface area contributed by atoms with E-state index in [0.717, 1.165) is 5.69 Å². The summed E-state index contributed by atoms with van der Waals surface area (Å²) < 4.78 is 5.48. The van der Waals surface area contributed by atoms with Crippen LogP contribution in [-0.4, -0.2) is 10.8 Å². The molecule has 0 aliphatic heterocycles. The van der Waals surface area contributed by atoms with Crippen molar-refractivity contribution in [3.63, 3.8) is 0 Å². The smallest absolute Gasteiger partial charge is 0.194 e.